The van der Waals surface area contributed by atoms with E-state index >= 15 is 0 Å². The van der Waals surface area contributed by atoms with Crippen LogP contribution in [0.1, 0.15) is 18.1 Å². The van der Waals surface area contributed by atoms with Crippen molar-refractivity contribution in [3.05, 3.63) is 29.1 Å². The van der Waals surface area contributed by atoms with E-state index in [2.05, 4.69) is 0 Å². The van der Waals surface area contributed by atoms with E-state index in [4.69, 9.17) is 5.11 Å². The van der Waals surface area contributed by atoms with Gasteiger partial charge >= 0.3 is 0 Å². The first kappa shape index (κ1) is 9.71. The normalized spacial score (nSPS) is 10.1. The van der Waals surface area contributed by atoms with Crippen LogP contribution in [0, 0.1) is 12.7 Å². The molecule has 0 aromatic heterocycles. The lowest BCUT2D eigenvalue weighted by molar-refractivity contribution is -0.116. The molecule has 1 N–H and O–H groups in total. The fourth-order valence-electron chi connectivity index (χ4n) is 1.22. The van der Waals surface area contributed by atoms with Gasteiger partial charge in [0.05, 0.1) is 0 Å². The van der Waals surface area contributed by atoms with Crippen LogP contribution in [0.2, 0.25) is 0 Å². The maximum atomic E-state index is 13.1. The number of carbonyl (C=O) groups is 1. The van der Waals surface area contributed by atoms with E-state index in [0.717, 1.165) is 5.56 Å². The lowest BCUT2D eigenvalue weighted by Gasteiger charge is -2.04. The molecule has 0 aliphatic rings. The van der Waals surface area contributed by atoms with Crippen molar-refractivity contribution in [2.45, 2.75) is 20.3 Å². The summed E-state index contributed by atoms with van der Waals surface area (Å²) in [6, 6.07) is 2.90. The highest BCUT2D eigenvalue weighted by atomic mass is 19.1. The molecule has 3 heteroatoms. The van der Waals surface area contributed by atoms with Crippen molar-refractivity contribution in [2.24, 2.45) is 0 Å². The molecule has 0 heterocycles. The highest BCUT2D eigenvalue weighted by molar-refractivity contribution is 5.78. The predicted octanol–water partition coefficient (Wildman–Crippen LogP) is 1.97. The second-order valence-corrected chi connectivity index (χ2v) is 3.14. The second-order valence-electron chi connectivity index (χ2n) is 3.14. The number of rotatable bonds is 2. The molecular weight excluding hydrogens is 171 g/mol. The lowest BCUT2D eigenvalue weighted by Crippen LogP contribution is -2.00. The van der Waals surface area contributed by atoms with Gasteiger partial charge in [-0.15, -0.1) is 0 Å². The first-order valence-corrected chi connectivity index (χ1v) is 3.98. The Labute approximate surface area is 76.0 Å². The van der Waals surface area contributed by atoms with Crippen molar-refractivity contribution in [1.82, 2.24) is 0 Å². The average molecular weight is 182 g/mol. The number of hydrogen-bond acceptors (Lipinski definition) is 2. The average Bonchev–Trinajstić information content (AvgIpc) is 1.98. The highest BCUT2D eigenvalue weighted by Gasteiger charge is 2.09. The summed E-state index contributed by atoms with van der Waals surface area (Å²) in [7, 11) is 0. The number of aromatic hydroxyl groups is 1. The van der Waals surface area contributed by atoms with Crippen LogP contribution in [-0.2, 0) is 11.2 Å². The van der Waals surface area contributed by atoms with Gasteiger partial charge in [-0.2, -0.15) is 0 Å². The Balaban J connectivity index is 3.12. The van der Waals surface area contributed by atoms with Crippen molar-refractivity contribution >= 4 is 5.78 Å². The fraction of sp³-hybridized carbons (Fsp3) is 0.300. The van der Waals surface area contributed by atoms with Crippen LogP contribution in [0.5, 0.6) is 5.75 Å². The molecule has 1 aromatic carbocycles. The van der Waals surface area contributed by atoms with Crippen LogP contribution < -0.4 is 0 Å². The maximum absolute atomic E-state index is 13.1. The zero-order valence-corrected chi connectivity index (χ0v) is 7.60. The number of carbonyl (C=O) groups excluding carboxylic acids is 1. The lowest BCUT2D eigenvalue weighted by atomic mass is 10.1. The minimum atomic E-state index is -0.694. The van der Waals surface area contributed by atoms with Crippen LogP contribution in [0.4, 0.5) is 4.39 Å². The van der Waals surface area contributed by atoms with Crippen LogP contribution >= 0.6 is 0 Å². The first-order chi connectivity index (χ1) is 6.00. The van der Waals surface area contributed by atoms with E-state index in [0.29, 0.717) is 0 Å². The number of aryl methyl sites for hydroxylation is 1. The Morgan fingerprint density at radius 2 is 2.15 bits per heavy atom. The number of ketones is 1. The third kappa shape index (κ3) is 2.28. The summed E-state index contributed by atoms with van der Waals surface area (Å²) in [5.74, 6) is -1.21. The minimum absolute atomic E-state index is 0.0288. The van der Waals surface area contributed by atoms with Gasteiger partial charge in [-0.1, -0.05) is 6.07 Å². The molecule has 0 atom stereocenters. The summed E-state index contributed by atoms with van der Waals surface area (Å²) in [5.41, 5.74) is 1.00. The molecule has 1 aromatic rings. The van der Waals surface area contributed by atoms with E-state index < -0.39 is 11.6 Å². The van der Waals surface area contributed by atoms with Gasteiger partial charge in [-0.3, -0.25) is 4.79 Å². The number of hydrogen-bond donors (Lipinski definition) is 1. The van der Waals surface area contributed by atoms with E-state index in [9.17, 15) is 9.18 Å². The zero-order valence-electron chi connectivity index (χ0n) is 7.60. The molecule has 0 spiro atoms. The second kappa shape index (κ2) is 3.56. The van der Waals surface area contributed by atoms with Crippen LogP contribution in [0.3, 0.4) is 0 Å². The summed E-state index contributed by atoms with van der Waals surface area (Å²) >= 11 is 0. The van der Waals surface area contributed by atoms with Gasteiger partial charge in [-0.05, 0) is 31.0 Å². The van der Waals surface area contributed by atoms with Crippen LogP contribution in [-0.4, -0.2) is 10.9 Å². The van der Waals surface area contributed by atoms with Gasteiger partial charge in [0.1, 0.15) is 5.78 Å². The molecule has 0 saturated carbocycles. The van der Waals surface area contributed by atoms with Crippen molar-refractivity contribution in [3.8, 4) is 5.75 Å². The van der Waals surface area contributed by atoms with Gasteiger partial charge in [-0.25, -0.2) is 4.39 Å². The molecule has 0 bridgehead atoms. The number of benzene rings is 1. The van der Waals surface area contributed by atoms with E-state index in [-0.39, 0.29) is 17.8 Å². The van der Waals surface area contributed by atoms with Crippen LogP contribution in [0.25, 0.3) is 0 Å². The largest absolute Gasteiger partial charge is 0.505 e. The Morgan fingerprint density at radius 3 is 2.69 bits per heavy atom. The Morgan fingerprint density at radius 1 is 1.54 bits per heavy atom. The number of halogens is 1. The first-order valence-electron chi connectivity index (χ1n) is 3.98. The Kier molecular flexibility index (Phi) is 2.66. The van der Waals surface area contributed by atoms with Gasteiger partial charge < -0.3 is 5.11 Å². The van der Waals surface area contributed by atoms with E-state index in [1.54, 1.807) is 13.0 Å². The quantitative estimate of drug-likeness (QED) is 0.759. The van der Waals surface area contributed by atoms with Gasteiger partial charge in [0.2, 0.25) is 0 Å². The molecule has 70 valence electrons. The molecular formula is C10H11FO2. The summed E-state index contributed by atoms with van der Waals surface area (Å²) < 4.78 is 13.1. The third-order valence-corrected chi connectivity index (χ3v) is 1.71. The number of phenolic OH excluding ortho intramolecular Hbond substituents is 1. The molecule has 0 amide bonds. The minimum Gasteiger partial charge on any atom is -0.505 e. The highest BCUT2D eigenvalue weighted by Crippen LogP contribution is 2.21. The van der Waals surface area contributed by atoms with Crippen molar-refractivity contribution in [3.63, 3.8) is 0 Å². The standard InChI is InChI=1S/C10H11FO2/c1-6-3-8(5-7(2)12)10(11)9(13)4-6/h3-4,13H,5H2,1-2H3. The molecule has 0 fully saturated rings. The zero-order chi connectivity index (χ0) is 10.0. The fourth-order valence-corrected chi connectivity index (χ4v) is 1.22. The number of Topliss-reactive ketones (excluding diaryl/α,β-unsaturated/α-hetero) is 1. The summed E-state index contributed by atoms with van der Waals surface area (Å²) in [5, 5.41) is 9.11. The SMILES string of the molecule is CC(=O)Cc1cc(C)cc(O)c1F. The smallest absolute Gasteiger partial charge is 0.168 e. The molecule has 0 aliphatic carbocycles. The van der Waals surface area contributed by atoms with E-state index in [1.807, 2.05) is 0 Å². The van der Waals surface area contributed by atoms with Gasteiger partial charge in [0.15, 0.2) is 11.6 Å². The molecule has 0 saturated heterocycles. The third-order valence-electron chi connectivity index (χ3n) is 1.71. The Bertz CT molecular complexity index is 345. The van der Waals surface area contributed by atoms with Crippen molar-refractivity contribution < 1.29 is 14.3 Å². The maximum Gasteiger partial charge on any atom is 0.168 e. The molecule has 0 unspecified atom stereocenters. The molecule has 0 radical (unpaired) electrons. The summed E-state index contributed by atoms with van der Waals surface area (Å²) in [6.07, 6.45) is 0.0288. The number of phenols is 1. The molecule has 2 nitrogen and oxygen atoms in total. The molecule has 13 heavy (non-hydrogen) atoms. The predicted molar refractivity (Wildman–Crippen MR) is 47.2 cm³/mol. The van der Waals surface area contributed by atoms with Gasteiger partial charge in [0, 0.05) is 6.42 Å². The van der Waals surface area contributed by atoms with Crippen molar-refractivity contribution in [1.29, 1.82) is 0 Å². The van der Waals surface area contributed by atoms with E-state index in [1.165, 1.54) is 13.0 Å². The molecule has 1 rings (SSSR count). The summed E-state index contributed by atoms with van der Waals surface area (Å²) in [6.45, 7) is 3.13. The topological polar surface area (TPSA) is 37.3 Å². The van der Waals surface area contributed by atoms with Crippen molar-refractivity contribution in [2.75, 3.05) is 0 Å². The Hall–Kier alpha value is -1.38. The monoisotopic (exact) mass is 182 g/mol. The van der Waals surface area contributed by atoms with Crippen LogP contribution in [0.15, 0.2) is 12.1 Å². The van der Waals surface area contributed by atoms with Gasteiger partial charge in [0.25, 0.3) is 0 Å². The summed E-state index contributed by atoms with van der Waals surface area (Å²) in [4.78, 5) is 10.7. The molecule has 0 aliphatic heterocycles.